The first-order valence-electron chi connectivity index (χ1n) is 7.60. The van der Waals surface area contributed by atoms with Crippen LogP contribution in [0.5, 0.6) is 0 Å². The van der Waals surface area contributed by atoms with Gasteiger partial charge < -0.3 is 15.4 Å². The van der Waals surface area contributed by atoms with Crippen LogP contribution in [-0.2, 0) is 9.53 Å². The van der Waals surface area contributed by atoms with E-state index in [2.05, 4.69) is 22.8 Å². The van der Waals surface area contributed by atoms with E-state index in [0.29, 0.717) is 19.1 Å². The Morgan fingerprint density at radius 2 is 2.18 bits per heavy atom. The standard InChI is InChI=1S/C16H22N2O2S.ClH/c19-15(10-13-11-21-9-7-17-13)18-14-6-8-20-16(14)12-4-2-1-3-5-12;/h1-5,13-14,16-17H,6-11H2,(H,18,19);1H. The number of amides is 1. The van der Waals surface area contributed by atoms with Gasteiger partial charge in [-0.1, -0.05) is 30.3 Å². The van der Waals surface area contributed by atoms with Gasteiger partial charge in [0.05, 0.1) is 6.04 Å². The molecule has 1 aromatic carbocycles. The maximum Gasteiger partial charge on any atom is 0.221 e. The molecule has 1 amide bonds. The fraction of sp³-hybridized carbons (Fsp3) is 0.562. The van der Waals surface area contributed by atoms with Gasteiger partial charge in [0.25, 0.3) is 0 Å². The van der Waals surface area contributed by atoms with Crippen molar-refractivity contribution in [2.24, 2.45) is 0 Å². The van der Waals surface area contributed by atoms with Gasteiger partial charge in [-0.2, -0.15) is 11.8 Å². The Kier molecular flexibility index (Phi) is 7.02. The zero-order valence-electron chi connectivity index (χ0n) is 12.5. The van der Waals surface area contributed by atoms with Crippen molar-refractivity contribution >= 4 is 30.1 Å². The zero-order chi connectivity index (χ0) is 14.5. The number of hydrogen-bond acceptors (Lipinski definition) is 4. The van der Waals surface area contributed by atoms with E-state index in [-0.39, 0.29) is 30.5 Å². The summed E-state index contributed by atoms with van der Waals surface area (Å²) in [6, 6.07) is 10.6. The minimum absolute atomic E-state index is 0. The van der Waals surface area contributed by atoms with Gasteiger partial charge >= 0.3 is 0 Å². The molecule has 6 heteroatoms. The van der Waals surface area contributed by atoms with E-state index >= 15 is 0 Å². The number of benzene rings is 1. The van der Waals surface area contributed by atoms with Crippen LogP contribution >= 0.6 is 24.2 Å². The molecule has 0 bridgehead atoms. The van der Waals surface area contributed by atoms with Gasteiger partial charge in [0, 0.05) is 37.1 Å². The van der Waals surface area contributed by atoms with Crippen LogP contribution in [0.15, 0.2) is 30.3 Å². The first-order valence-corrected chi connectivity index (χ1v) is 8.75. The number of nitrogens with one attached hydrogen (secondary N) is 2. The maximum atomic E-state index is 12.2. The molecular formula is C16H23ClN2O2S. The summed E-state index contributed by atoms with van der Waals surface area (Å²) in [6.45, 7) is 1.71. The Bertz CT molecular complexity index is 468. The van der Waals surface area contributed by atoms with Crippen molar-refractivity contribution in [2.45, 2.75) is 31.0 Å². The van der Waals surface area contributed by atoms with Crippen molar-refractivity contribution in [3.8, 4) is 0 Å². The third-order valence-electron chi connectivity index (χ3n) is 4.00. The molecule has 2 saturated heterocycles. The zero-order valence-corrected chi connectivity index (χ0v) is 14.1. The van der Waals surface area contributed by atoms with Gasteiger partial charge in [-0.25, -0.2) is 0 Å². The summed E-state index contributed by atoms with van der Waals surface area (Å²) in [4.78, 5) is 12.2. The fourth-order valence-electron chi connectivity index (χ4n) is 2.95. The molecule has 2 heterocycles. The Morgan fingerprint density at radius 1 is 1.36 bits per heavy atom. The SMILES string of the molecule is Cl.O=C(CC1CSCCN1)NC1CCOC1c1ccccc1. The first kappa shape index (κ1) is 17.6. The van der Waals surface area contributed by atoms with Gasteiger partial charge in [0.1, 0.15) is 6.10 Å². The molecule has 122 valence electrons. The van der Waals surface area contributed by atoms with E-state index in [1.165, 1.54) is 0 Å². The lowest BCUT2D eigenvalue weighted by Gasteiger charge is -2.25. The summed E-state index contributed by atoms with van der Waals surface area (Å²) < 4.78 is 5.81. The van der Waals surface area contributed by atoms with Crippen LogP contribution in [0.4, 0.5) is 0 Å². The highest BCUT2D eigenvalue weighted by Crippen LogP contribution is 2.29. The van der Waals surface area contributed by atoms with E-state index < -0.39 is 0 Å². The number of carbonyl (C=O) groups excluding carboxylic acids is 1. The third-order valence-corrected chi connectivity index (χ3v) is 5.13. The minimum Gasteiger partial charge on any atom is -0.371 e. The minimum atomic E-state index is -0.0103. The average Bonchev–Trinajstić information content (AvgIpc) is 2.97. The van der Waals surface area contributed by atoms with Gasteiger partial charge in [-0.05, 0) is 12.0 Å². The lowest BCUT2D eigenvalue weighted by molar-refractivity contribution is -0.122. The molecule has 2 N–H and O–H groups in total. The molecule has 0 radical (unpaired) electrons. The second-order valence-corrected chi connectivity index (χ2v) is 6.74. The van der Waals surface area contributed by atoms with Crippen molar-refractivity contribution in [3.05, 3.63) is 35.9 Å². The van der Waals surface area contributed by atoms with Gasteiger partial charge in [0.15, 0.2) is 0 Å². The Balaban J connectivity index is 0.00000176. The number of halogens is 1. The van der Waals surface area contributed by atoms with E-state index in [1.54, 1.807) is 0 Å². The number of carbonyl (C=O) groups is 1. The molecule has 1 aromatic rings. The van der Waals surface area contributed by atoms with E-state index in [9.17, 15) is 4.79 Å². The average molecular weight is 343 g/mol. The van der Waals surface area contributed by atoms with Gasteiger partial charge in [0.2, 0.25) is 5.91 Å². The molecule has 2 aliphatic heterocycles. The van der Waals surface area contributed by atoms with E-state index in [4.69, 9.17) is 4.74 Å². The molecule has 2 aliphatic rings. The lowest BCUT2D eigenvalue weighted by atomic mass is 10.0. The van der Waals surface area contributed by atoms with Crippen molar-refractivity contribution in [3.63, 3.8) is 0 Å². The number of ether oxygens (including phenoxy) is 1. The van der Waals surface area contributed by atoms with Gasteiger partial charge in [-0.15, -0.1) is 12.4 Å². The summed E-state index contributed by atoms with van der Waals surface area (Å²) >= 11 is 1.92. The topological polar surface area (TPSA) is 50.4 Å². The smallest absolute Gasteiger partial charge is 0.221 e. The summed E-state index contributed by atoms with van der Waals surface area (Å²) in [5, 5.41) is 6.57. The quantitative estimate of drug-likeness (QED) is 0.880. The highest BCUT2D eigenvalue weighted by Gasteiger charge is 2.31. The Labute approximate surface area is 142 Å². The molecule has 3 rings (SSSR count). The highest BCUT2D eigenvalue weighted by molar-refractivity contribution is 7.99. The number of hydrogen-bond donors (Lipinski definition) is 2. The molecule has 3 unspecified atom stereocenters. The number of thioether (sulfide) groups is 1. The first-order chi connectivity index (χ1) is 10.3. The van der Waals surface area contributed by atoms with Crippen molar-refractivity contribution in [1.82, 2.24) is 10.6 Å². The molecular weight excluding hydrogens is 320 g/mol. The summed E-state index contributed by atoms with van der Waals surface area (Å²) in [5.41, 5.74) is 1.15. The molecule has 4 nitrogen and oxygen atoms in total. The van der Waals surface area contributed by atoms with E-state index in [0.717, 1.165) is 30.0 Å². The predicted octanol–water partition coefficient (Wildman–Crippen LogP) is 2.15. The van der Waals surface area contributed by atoms with Crippen molar-refractivity contribution < 1.29 is 9.53 Å². The largest absolute Gasteiger partial charge is 0.371 e. The normalized spacial score (nSPS) is 27.9. The lowest BCUT2D eigenvalue weighted by Crippen LogP contribution is -2.44. The van der Waals surface area contributed by atoms with Crippen LogP contribution in [0.25, 0.3) is 0 Å². The maximum absolute atomic E-state index is 12.2. The van der Waals surface area contributed by atoms with Crippen molar-refractivity contribution in [2.75, 3.05) is 24.7 Å². The molecule has 0 aromatic heterocycles. The van der Waals surface area contributed by atoms with Crippen LogP contribution in [-0.4, -0.2) is 42.6 Å². The molecule has 0 spiro atoms. The fourth-order valence-corrected chi connectivity index (χ4v) is 3.90. The van der Waals surface area contributed by atoms with Gasteiger partial charge in [-0.3, -0.25) is 4.79 Å². The second-order valence-electron chi connectivity index (χ2n) is 5.59. The monoisotopic (exact) mass is 342 g/mol. The van der Waals surface area contributed by atoms with Crippen molar-refractivity contribution in [1.29, 1.82) is 0 Å². The molecule has 2 fully saturated rings. The summed E-state index contributed by atoms with van der Waals surface area (Å²) in [5.74, 6) is 2.30. The Hall–Kier alpha value is -0.750. The Morgan fingerprint density at radius 3 is 2.91 bits per heavy atom. The van der Waals surface area contributed by atoms with Crippen LogP contribution in [0.2, 0.25) is 0 Å². The summed E-state index contributed by atoms with van der Waals surface area (Å²) in [6.07, 6.45) is 1.44. The molecule has 0 saturated carbocycles. The second kappa shape index (κ2) is 8.77. The predicted molar refractivity (Wildman–Crippen MR) is 92.7 cm³/mol. The van der Waals surface area contributed by atoms with E-state index in [1.807, 2.05) is 30.0 Å². The van der Waals surface area contributed by atoms with Crippen LogP contribution in [0.1, 0.15) is 24.5 Å². The van der Waals surface area contributed by atoms with Crippen LogP contribution in [0.3, 0.4) is 0 Å². The molecule has 22 heavy (non-hydrogen) atoms. The van der Waals surface area contributed by atoms with Crippen LogP contribution in [0, 0.1) is 0 Å². The third kappa shape index (κ3) is 4.62. The summed E-state index contributed by atoms with van der Waals surface area (Å²) in [7, 11) is 0. The highest BCUT2D eigenvalue weighted by atomic mass is 35.5. The number of rotatable bonds is 4. The van der Waals surface area contributed by atoms with Crippen LogP contribution < -0.4 is 10.6 Å². The molecule has 3 atom stereocenters. The molecule has 0 aliphatic carbocycles.